The number of amides is 1. The maximum Gasteiger partial charge on any atom is 0.223 e. The van der Waals surface area contributed by atoms with E-state index in [9.17, 15) is 13.2 Å². The molecule has 2 unspecified atom stereocenters. The number of carbonyl (C=O) groups excluding carboxylic acids is 1. The molecule has 2 aliphatic heterocycles. The van der Waals surface area contributed by atoms with E-state index in [4.69, 9.17) is 0 Å². The predicted molar refractivity (Wildman–Crippen MR) is 106 cm³/mol. The molecule has 0 saturated carbocycles. The Morgan fingerprint density at radius 2 is 1.89 bits per heavy atom. The van der Waals surface area contributed by atoms with Crippen LogP contribution in [0.5, 0.6) is 0 Å². The number of rotatable bonds is 2. The number of fused-ring (bicyclic) bond motifs is 5. The highest BCUT2D eigenvalue weighted by Gasteiger charge is 2.38. The summed E-state index contributed by atoms with van der Waals surface area (Å²) in [4.78, 5) is 14.8. The molecule has 1 saturated heterocycles. The van der Waals surface area contributed by atoms with Crippen molar-refractivity contribution in [3.05, 3.63) is 59.7 Å². The first-order valence-electron chi connectivity index (χ1n) is 9.35. The third kappa shape index (κ3) is 3.92. The number of sulfonamides is 1. The van der Waals surface area contributed by atoms with Crippen LogP contribution in [-0.2, 0) is 27.7 Å². The molecule has 27 heavy (non-hydrogen) atoms. The lowest BCUT2D eigenvalue weighted by atomic mass is 9.94. The molecule has 1 fully saturated rings. The maximum atomic E-state index is 12.9. The predicted octanol–water partition coefficient (Wildman–Crippen LogP) is 2.36. The molecule has 2 aliphatic rings. The summed E-state index contributed by atoms with van der Waals surface area (Å²) in [6.07, 6.45) is 3.61. The van der Waals surface area contributed by atoms with Crippen LogP contribution in [0.2, 0.25) is 0 Å². The Kier molecular flexibility index (Phi) is 4.78. The Bertz CT molecular complexity index is 971. The molecule has 4 rings (SSSR count). The normalized spacial score (nSPS) is 22.7. The molecule has 1 amide bonds. The van der Waals surface area contributed by atoms with Gasteiger partial charge >= 0.3 is 0 Å². The fourth-order valence-electron chi connectivity index (χ4n) is 4.34. The lowest BCUT2D eigenvalue weighted by Gasteiger charge is -2.28. The third-order valence-corrected chi connectivity index (χ3v) is 6.27. The maximum absolute atomic E-state index is 12.9. The van der Waals surface area contributed by atoms with E-state index >= 15 is 0 Å². The molecule has 2 heterocycles. The molecule has 2 aromatic carbocycles. The molecular weight excluding hydrogens is 360 g/mol. The van der Waals surface area contributed by atoms with Crippen molar-refractivity contribution in [1.82, 2.24) is 9.62 Å². The van der Waals surface area contributed by atoms with Crippen LogP contribution in [0, 0.1) is 0 Å². The summed E-state index contributed by atoms with van der Waals surface area (Å²) in [5, 5.41) is 0. The largest absolute Gasteiger partial charge is 0.338 e. The van der Waals surface area contributed by atoms with Gasteiger partial charge in [-0.3, -0.25) is 4.79 Å². The first kappa shape index (κ1) is 18.2. The molecule has 0 radical (unpaired) electrons. The van der Waals surface area contributed by atoms with Crippen molar-refractivity contribution >= 4 is 15.9 Å². The van der Waals surface area contributed by atoms with Crippen molar-refractivity contribution in [3.8, 4) is 11.1 Å². The third-order valence-electron chi connectivity index (χ3n) is 5.54. The van der Waals surface area contributed by atoms with E-state index < -0.39 is 10.0 Å². The second-order valence-electron chi connectivity index (χ2n) is 7.50. The van der Waals surface area contributed by atoms with Crippen LogP contribution in [0.1, 0.15) is 24.0 Å². The van der Waals surface area contributed by atoms with Crippen molar-refractivity contribution in [2.45, 2.75) is 37.8 Å². The lowest BCUT2D eigenvalue weighted by Crippen LogP contribution is -2.47. The Labute approximate surface area is 160 Å². The minimum atomic E-state index is -3.32. The van der Waals surface area contributed by atoms with Crippen molar-refractivity contribution in [1.29, 1.82) is 0 Å². The topological polar surface area (TPSA) is 66.5 Å². The quantitative estimate of drug-likeness (QED) is 0.864. The van der Waals surface area contributed by atoms with Gasteiger partial charge in [-0.25, -0.2) is 13.1 Å². The number of aryl methyl sites for hydroxylation is 1. The molecule has 142 valence electrons. The summed E-state index contributed by atoms with van der Waals surface area (Å²) in [7, 11) is -3.32. The molecule has 6 heteroatoms. The monoisotopic (exact) mass is 384 g/mol. The SMILES string of the molecule is CS(=O)(=O)NC1CCN2C(=O)CCc3ccccc3-c3cccc(c3)CC12. The molecule has 2 bridgehead atoms. The van der Waals surface area contributed by atoms with Crippen LogP contribution >= 0.6 is 0 Å². The molecule has 1 N–H and O–H groups in total. The molecule has 5 nitrogen and oxygen atoms in total. The molecule has 0 aliphatic carbocycles. The Morgan fingerprint density at radius 1 is 1.07 bits per heavy atom. The summed E-state index contributed by atoms with van der Waals surface area (Å²) in [6, 6.07) is 16.2. The Hall–Kier alpha value is -2.18. The molecule has 0 spiro atoms. The Morgan fingerprint density at radius 3 is 2.70 bits per heavy atom. The zero-order chi connectivity index (χ0) is 19.0. The van der Waals surface area contributed by atoms with Crippen LogP contribution in [0.15, 0.2) is 48.5 Å². The number of benzene rings is 2. The number of nitrogens with one attached hydrogen (secondary N) is 1. The van der Waals surface area contributed by atoms with Crippen LogP contribution in [-0.4, -0.2) is 44.1 Å². The van der Waals surface area contributed by atoms with Gasteiger partial charge in [0.15, 0.2) is 0 Å². The van der Waals surface area contributed by atoms with Gasteiger partial charge in [-0.05, 0) is 41.5 Å². The first-order valence-corrected chi connectivity index (χ1v) is 11.2. The summed E-state index contributed by atoms with van der Waals surface area (Å²) in [5.41, 5.74) is 4.61. The van der Waals surface area contributed by atoms with E-state index in [1.54, 1.807) is 0 Å². The van der Waals surface area contributed by atoms with E-state index in [0.29, 0.717) is 32.2 Å². The van der Waals surface area contributed by atoms with Gasteiger partial charge < -0.3 is 4.90 Å². The van der Waals surface area contributed by atoms with E-state index in [0.717, 1.165) is 11.1 Å². The summed E-state index contributed by atoms with van der Waals surface area (Å²) in [6.45, 7) is 0.595. The zero-order valence-corrected chi connectivity index (χ0v) is 16.2. The minimum absolute atomic E-state index is 0.0996. The highest BCUT2D eigenvalue weighted by atomic mass is 32.2. The number of hydrogen-bond donors (Lipinski definition) is 1. The van der Waals surface area contributed by atoms with Gasteiger partial charge in [0.05, 0.1) is 12.3 Å². The van der Waals surface area contributed by atoms with Crippen molar-refractivity contribution in [2.24, 2.45) is 0 Å². The van der Waals surface area contributed by atoms with Crippen LogP contribution < -0.4 is 4.72 Å². The van der Waals surface area contributed by atoms with Gasteiger partial charge in [0.25, 0.3) is 0 Å². The zero-order valence-electron chi connectivity index (χ0n) is 15.4. The van der Waals surface area contributed by atoms with Gasteiger partial charge in [-0.15, -0.1) is 0 Å². The van der Waals surface area contributed by atoms with E-state index in [1.807, 2.05) is 23.1 Å². The van der Waals surface area contributed by atoms with Crippen molar-refractivity contribution < 1.29 is 13.2 Å². The van der Waals surface area contributed by atoms with Gasteiger partial charge in [0, 0.05) is 19.0 Å². The van der Waals surface area contributed by atoms with Crippen LogP contribution in [0.3, 0.4) is 0 Å². The number of carbonyl (C=O) groups is 1. The van der Waals surface area contributed by atoms with Gasteiger partial charge in [-0.1, -0.05) is 48.5 Å². The highest BCUT2D eigenvalue weighted by Crippen LogP contribution is 2.30. The van der Waals surface area contributed by atoms with Crippen molar-refractivity contribution in [2.75, 3.05) is 12.8 Å². The number of hydrogen-bond acceptors (Lipinski definition) is 3. The highest BCUT2D eigenvalue weighted by molar-refractivity contribution is 7.88. The van der Waals surface area contributed by atoms with E-state index in [-0.39, 0.29) is 18.0 Å². The molecule has 2 atom stereocenters. The molecule has 2 aromatic rings. The summed E-state index contributed by atoms with van der Waals surface area (Å²) >= 11 is 0. The average molecular weight is 385 g/mol. The van der Waals surface area contributed by atoms with Crippen molar-refractivity contribution in [3.63, 3.8) is 0 Å². The average Bonchev–Trinajstić information content (AvgIpc) is 3.00. The standard InChI is InChI=1S/C21H24N2O3S/c1-27(25,26)22-19-11-12-23-20(19)14-15-5-4-7-17(13-15)18-8-3-2-6-16(18)9-10-21(23)24/h2-8,13,19-20,22H,9-12,14H2,1H3. The van der Waals surface area contributed by atoms with E-state index in [1.165, 1.54) is 17.4 Å². The first-order chi connectivity index (χ1) is 12.9. The number of nitrogens with zero attached hydrogens (tertiary/aromatic N) is 1. The van der Waals surface area contributed by atoms with Crippen LogP contribution in [0.25, 0.3) is 11.1 Å². The van der Waals surface area contributed by atoms with E-state index in [2.05, 4.69) is 35.1 Å². The smallest absolute Gasteiger partial charge is 0.223 e. The Balaban J connectivity index is 1.74. The lowest BCUT2D eigenvalue weighted by molar-refractivity contribution is -0.132. The van der Waals surface area contributed by atoms with Gasteiger partial charge in [0.2, 0.25) is 15.9 Å². The molecular formula is C21H24N2O3S. The van der Waals surface area contributed by atoms with Gasteiger partial charge in [0.1, 0.15) is 0 Å². The summed E-state index contributed by atoms with van der Waals surface area (Å²) in [5.74, 6) is 0.0996. The second-order valence-corrected chi connectivity index (χ2v) is 9.28. The van der Waals surface area contributed by atoms with Gasteiger partial charge in [-0.2, -0.15) is 0 Å². The minimum Gasteiger partial charge on any atom is -0.338 e. The summed E-state index contributed by atoms with van der Waals surface area (Å²) < 4.78 is 26.3. The fourth-order valence-corrected chi connectivity index (χ4v) is 5.17. The second kappa shape index (κ2) is 7.09. The molecule has 0 aromatic heterocycles. The van der Waals surface area contributed by atoms with Crippen LogP contribution in [0.4, 0.5) is 0 Å². The fraction of sp³-hybridized carbons (Fsp3) is 0.381.